The highest BCUT2D eigenvalue weighted by atomic mass is 16.8. The zero-order valence-electron chi connectivity index (χ0n) is 23.5. The van der Waals surface area contributed by atoms with E-state index in [0.29, 0.717) is 37.7 Å². The van der Waals surface area contributed by atoms with Crippen molar-refractivity contribution in [1.29, 1.82) is 0 Å². The summed E-state index contributed by atoms with van der Waals surface area (Å²) in [4.78, 5) is 37.8. The molecule has 8 heteroatoms. The molecule has 0 amide bonds. The van der Waals surface area contributed by atoms with E-state index in [1.165, 1.54) is 6.92 Å². The molecule has 38 heavy (non-hydrogen) atoms. The molecular weight excluding hydrogens is 488 g/mol. The van der Waals surface area contributed by atoms with Gasteiger partial charge in [-0.05, 0) is 61.9 Å². The molecule has 1 spiro atoms. The quantitative estimate of drug-likeness (QED) is 0.168. The van der Waals surface area contributed by atoms with Crippen molar-refractivity contribution in [2.45, 2.75) is 111 Å². The molecule has 1 aliphatic heterocycles. The number of carbonyl (C=O) groups excluding carboxylic acids is 3. The highest BCUT2D eigenvalue weighted by molar-refractivity contribution is 5.71. The second-order valence-electron chi connectivity index (χ2n) is 11.3. The normalized spacial score (nSPS) is 35.8. The van der Waals surface area contributed by atoms with Gasteiger partial charge in [0.1, 0.15) is 11.5 Å². The molecule has 0 aromatic carbocycles. The Labute approximate surface area is 226 Å². The first-order valence-corrected chi connectivity index (χ1v) is 13.9. The number of carbonyl (C=O) groups is 3. The molecule has 0 aromatic heterocycles. The number of esters is 3. The number of hydrogen-bond donors (Lipinski definition) is 1. The average molecular weight is 533 g/mol. The van der Waals surface area contributed by atoms with Crippen molar-refractivity contribution in [3.63, 3.8) is 0 Å². The lowest BCUT2D eigenvalue weighted by molar-refractivity contribution is -0.258. The van der Waals surface area contributed by atoms with Crippen molar-refractivity contribution in [3.8, 4) is 0 Å². The molecular formula is C30H44O8. The van der Waals surface area contributed by atoms with E-state index in [0.717, 1.165) is 12.0 Å². The van der Waals surface area contributed by atoms with Crippen LogP contribution in [0.2, 0.25) is 0 Å². The van der Waals surface area contributed by atoms with Crippen LogP contribution in [0.1, 0.15) is 86.0 Å². The van der Waals surface area contributed by atoms with Gasteiger partial charge in [0.05, 0.1) is 6.10 Å². The molecule has 1 saturated carbocycles. The molecule has 3 aliphatic rings. The number of rotatable bonds is 11. The van der Waals surface area contributed by atoms with Gasteiger partial charge in [0.15, 0.2) is 0 Å². The fraction of sp³-hybridized carbons (Fsp3) is 0.700. The van der Waals surface area contributed by atoms with Crippen LogP contribution < -0.4 is 0 Å². The molecule has 8 unspecified atom stereocenters. The van der Waals surface area contributed by atoms with E-state index in [4.69, 9.17) is 18.9 Å². The second kappa shape index (κ2) is 12.2. The van der Waals surface area contributed by atoms with Gasteiger partial charge in [-0.1, -0.05) is 52.5 Å². The van der Waals surface area contributed by atoms with Crippen molar-refractivity contribution in [3.05, 3.63) is 36.5 Å². The molecule has 0 bridgehead atoms. The molecule has 0 radical (unpaired) electrons. The Kier molecular flexibility index (Phi) is 9.63. The third kappa shape index (κ3) is 5.62. The standard InChI is InChI=1S/C30H44O8/c1-8-11-25(33)36-24-15-19(5)29(7,14-13-18(4)10-3)23-17-21(32)16-22-27(37-26(34)12-9-2)38-28(30(22,23)24)35-20(6)31/h10,16,19,21,23-24,27-28,32H,3-4,8-9,11-15,17H2,1-2,5-7H3. The van der Waals surface area contributed by atoms with E-state index in [-0.39, 0.29) is 36.1 Å². The number of ether oxygens (including phenoxy) is 4. The lowest BCUT2D eigenvalue weighted by atomic mass is 9.45. The van der Waals surface area contributed by atoms with Crippen LogP contribution in [-0.2, 0) is 33.3 Å². The zero-order chi connectivity index (χ0) is 28.3. The molecule has 2 fully saturated rings. The molecule has 212 valence electrons. The van der Waals surface area contributed by atoms with Gasteiger partial charge >= 0.3 is 17.9 Å². The first kappa shape index (κ1) is 30.1. The number of hydrogen-bond acceptors (Lipinski definition) is 8. The van der Waals surface area contributed by atoms with Crippen molar-refractivity contribution in [1.82, 2.24) is 0 Å². The van der Waals surface area contributed by atoms with Gasteiger partial charge in [-0.2, -0.15) is 0 Å². The molecule has 2 aliphatic carbocycles. The van der Waals surface area contributed by atoms with Crippen LogP contribution in [0.5, 0.6) is 0 Å². The summed E-state index contributed by atoms with van der Waals surface area (Å²) in [6.45, 7) is 17.3. The first-order valence-electron chi connectivity index (χ1n) is 13.9. The molecule has 1 N–H and O–H groups in total. The molecule has 1 heterocycles. The summed E-state index contributed by atoms with van der Waals surface area (Å²) in [7, 11) is 0. The minimum atomic E-state index is -1.16. The summed E-state index contributed by atoms with van der Waals surface area (Å²) in [5.74, 6) is -1.60. The molecule has 8 nitrogen and oxygen atoms in total. The van der Waals surface area contributed by atoms with Crippen LogP contribution in [0.3, 0.4) is 0 Å². The van der Waals surface area contributed by atoms with Crippen LogP contribution in [0.15, 0.2) is 36.5 Å². The third-order valence-corrected chi connectivity index (χ3v) is 8.81. The monoisotopic (exact) mass is 532 g/mol. The summed E-state index contributed by atoms with van der Waals surface area (Å²) in [6, 6.07) is 0. The Balaban J connectivity index is 2.20. The fourth-order valence-corrected chi connectivity index (χ4v) is 6.71. The second-order valence-corrected chi connectivity index (χ2v) is 11.3. The van der Waals surface area contributed by atoms with Gasteiger partial charge in [0.2, 0.25) is 12.6 Å². The van der Waals surface area contributed by atoms with Crippen molar-refractivity contribution < 1.29 is 38.4 Å². The Hall–Kier alpha value is -2.45. The van der Waals surface area contributed by atoms with Gasteiger partial charge in [0.25, 0.3) is 0 Å². The average Bonchev–Trinajstić information content (AvgIpc) is 3.13. The predicted octanol–water partition coefficient (Wildman–Crippen LogP) is 5.15. The number of aliphatic hydroxyl groups excluding tert-OH is 1. The maximum absolute atomic E-state index is 12.9. The van der Waals surface area contributed by atoms with Crippen LogP contribution in [0, 0.1) is 22.7 Å². The lowest BCUT2D eigenvalue weighted by Gasteiger charge is -2.60. The van der Waals surface area contributed by atoms with Crippen LogP contribution in [0.25, 0.3) is 0 Å². The van der Waals surface area contributed by atoms with E-state index < -0.39 is 42.1 Å². The van der Waals surface area contributed by atoms with Gasteiger partial charge < -0.3 is 19.3 Å². The highest BCUT2D eigenvalue weighted by Gasteiger charge is 2.72. The van der Waals surface area contributed by atoms with Gasteiger partial charge in [-0.15, -0.1) is 0 Å². The lowest BCUT2D eigenvalue weighted by Crippen LogP contribution is -2.63. The highest BCUT2D eigenvalue weighted by Crippen LogP contribution is 2.67. The van der Waals surface area contributed by atoms with E-state index in [9.17, 15) is 19.5 Å². The summed E-state index contributed by atoms with van der Waals surface area (Å²) < 4.78 is 23.9. The van der Waals surface area contributed by atoms with Crippen molar-refractivity contribution in [2.24, 2.45) is 22.7 Å². The van der Waals surface area contributed by atoms with E-state index in [1.54, 1.807) is 12.2 Å². The number of aliphatic hydroxyl groups is 1. The van der Waals surface area contributed by atoms with E-state index in [1.807, 2.05) is 13.8 Å². The van der Waals surface area contributed by atoms with Gasteiger partial charge in [-0.3, -0.25) is 19.1 Å². The van der Waals surface area contributed by atoms with Crippen molar-refractivity contribution in [2.75, 3.05) is 0 Å². The summed E-state index contributed by atoms with van der Waals surface area (Å²) in [6.07, 6.45) is 3.46. The minimum Gasteiger partial charge on any atom is -0.461 e. The van der Waals surface area contributed by atoms with Gasteiger partial charge in [-0.25, -0.2) is 0 Å². The Morgan fingerprint density at radius 1 is 1.11 bits per heavy atom. The Morgan fingerprint density at radius 3 is 2.32 bits per heavy atom. The summed E-state index contributed by atoms with van der Waals surface area (Å²) in [5, 5.41) is 11.1. The zero-order valence-corrected chi connectivity index (χ0v) is 23.5. The molecule has 3 rings (SSSR count). The van der Waals surface area contributed by atoms with Gasteiger partial charge in [0, 0.05) is 25.3 Å². The van der Waals surface area contributed by atoms with E-state index >= 15 is 0 Å². The Bertz CT molecular complexity index is 969. The van der Waals surface area contributed by atoms with E-state index in [2.05, 4.69) is 27.0 Å². The SMILES string of the molecule is C=CC(=C)CCC1(C)C(C)CC(OC(=O)CCC)C23C(=CC(O)CC12)C(OC(=O)CCC)OC3OC(C)=O. The first-order chi connectivity index (χ1) is 17.9. The molecule has 1 saturated heterocycles. The Morgan fingerprint density at radius 2 is 1.74 bits per heavy atom. The smallest absolute Gasteiger partial charge is 0.308 e. The largest absolute Gasteiger partial charge is 0.461 e. The topological polar surface area (TPSA) is 108 Å². The third-order valence-electron chi connectivity index (χ3n) is 8.81. The molecule has 0 aromatic rings. The van der Waals surface area contributed by atoms with Crippen LogP contribution >= 0.6 is 0 Å². The summed E-state index contributed by atoms with van der Waals surface area (Å²) in [5.41, 5.74) is -0.0968. The van der Waals surface area contributed by atoms with Crippen molar-refractivity contribution >= 4 is 17.9 Å². The maximum Gasteiger partial charge on any atom is 0.308 e. The maximum atomic E-state index is 12.9. The number of allylic oxidation sites excluding steroid dienone is 2. The predicted molar refractivity (Wildman–Crippen MR) is 141 cm³/mol. The minimum absolute atomic E-state index is 0.0846. The van der Waals surface area contributed by atoms with Crippen LogP contribution in [0.4, 0.5) is 0 Å². The summed E-state index contributed by atoms with van der Waals surface area (Å²) >= 11 is 0. The molecule has 8 atom stereocenters. The fourth-order valence-electron chi connectivity index (χ4n) is 6.71. The van der Waals surface area contributed by atoms with Crippen LogP contribution in [-0.4, -0.2) is 47.8 Å².